The van der Waals surface area contributed by atoms with Gasteiger partial charge < -0.3 is 9.88 Å². The number of aromatic nitrogens is 2. The van der Waals surface area contributed by atoms with Crippen molar-refractivity contribution >= 4 is 17.2 Å². The average Bonchev–Trinajstić information content (AvgIpc) is 2.77. The molecule has 6 heteroatoms. The molecule has 1 N–H and O–H groups in total. The van der Waals surface area contributed by atoms with Crippen LogP contribution in [0.15, 0.2) is 17.1 Å². The standard InChI is InChI=1S/C15H17N3O2S/c1-9-13(17-10(2)21-9)7-14(19)18-6-4-11-3-5-16-15(20)12(11)8-18/h3,5H,4,6-8H2,1-2H3,(H,16,20). The topological polar surface area (TPSA) is 66.1 Å². The Morgan fingerprint density at radius 1 is 1.48 bits per heavy atom. The van der Waals surface area contributed by atoms with E-state index in [2.05, 4.69) is 9.97 Å². The molecule has 0 aromatic carbocycles. The van der Waals surface area contributed by atoms with E-state index in [-0.39, 0.29) is 11.5 Å². The molecule has 0 saturated carbocycles. The number of aromatic amines is 1. The maximum atomic E-state index is 12.4. The molecule has 0 fully saturated rings. The fourth-order valence-corrected chi connectivity index (χ4v) is 3.52. The third kappa shape index (κ3) is 2.76. The second-order valence-corrected chi connectivity index (χ2v) is 6.70. The summed E-state index contributed by atoms with van der Waals surface area (Å²) in [7, 11) is 0. The Balaban J connectivity index is 1.77. The fraction of sp³-hybridized carbons (Fsp3) is 0.400. The number of carbonyl (C=O) groups excluding carboxylic acids is 1. The minimum absolute atomic E-state index is 0.0392. The highest BCUT2D eigenvalue weighted by Crippen LogP contribution is 2.19. The van der Waals surface area contributed by atoms with Crippen molar-refractivity contribution in [2.75, 3.05) is 6.54 Å². The Labute approximate surface area is 126 Å². The number of pyridine rings is 1. The van der Waals surface area contributed by atoms with Crippen molar-refractivity contribution in [1.29, 1.82) is 0 Å². The van der Waals surface area contributed by atoms with Crippen molar-refractivity contribution in [2.45, 2.75) is 33.2 Å². The minimum atomic E-state index is -0.0920. The highest BCUT2D eigenvalue weighted by molar-refractivity contribution is 7.11. The molecule has 1 amide bonds. The lowest BCUT2D eigenvalue weighted by Gasteiger charge is -2.28. The fourth-order valence-electron chi connectivity index (χ4n) is 2.69. The summed E-state index contributed by atoms with van der Waals surface area (Å²) < 4.78 is 0. The van der Waals surface area contributed by atoms with Gasteiger partial charge in [0.2, 0.25) is 5.91 Å². The van der Waals surface area contributed by atoms with Crippen LogP contribution in [0.3, 0.4) is 0 Å². The molecule has 0 unspecified atom stereocenters. The summed E-state index contributed by atoms with van der Waals surface area (Å²) in [6.45, 7) is 5.00. The van der Waals surface area contributed by atoms with Gasteiger partial charge in [0, 0.05) is 23.2 Å². The van der Waals surface area contributed by atoms with Gasteiger partial charge in [0.15, 0.2) is 0 Å². The molecule has 3 heterocycles. The van der Waals surface area contributed by atoms with Crippen LogP contribution in [-0.2, 0) is 24.2 Å². The van der Waals surface area contributed by atoms with Gasteiger partial charge in [0.25, 0.3) is 5.56 Å². The summed E-state index contributed by atoms with van der Waals surface area (Å²) in [5, 5.41) is 0.982. The zero-order valence-electron chi connectivity index (χ0n) is 12.1. The van der Waals surface area contributed by atoms with E-state index in [9.17, 15) is 9.59 Å². The number of H-pyrrole nitrogens is 1. The van der Waals surface area contributed by atoms with E-state index in [4.69, 9.17) is 0 Å². The smallest absolute Gasteiger partial charge is 0.253 e. The van der Waals surface area contributed by atoms with Gasteiger partial charge in [-0.15, -0.1) is 11.3 Å². The van der Waals surface area contributed by atoms with E-state index in [0.29, 0.717) is 25.1 Å². The highest BCUT2D eigenvalue weighted by atomic mass is 32.1. The van der Waals surface area contributed by atoms with Gasteiger partial charge >= 0.3 is 0 Å². The molecular formula is C15H17N3O2S. The first-order valence-corrected chi connectivity index (χ1v) is 7.76. The predicted octanol–water partition coefficient (Wildman–Crippen LogP) is 1.58. The van der Waals surface area contributed by atoms with Crippen LogP contribution >= 0.6 is 11.3 Å². The van der Waals surface area contributed by atoms with E-state index in [1.807, 2.05) is 19.9 Å². The number of fused-ring (bicyclic) bond motifs is 1. The van der Waals surface area contributed by atoms with Gasteiger partial charge in [-0.05, 0) is 31.9 Å². The molecule has 0 atom stereocenters. The molecular weight excluding hydrogens is 286 g/mol. The highest BCUT2D eigenvalue weighted by Gasteiger charge is 2.23. The van der Waals surface area contributed by atoms with Crippen molar-refractivity contribution in [1.82, 2.24) is 14.9 Å². The molecule has 1 aliphatic rings. The Kier molecular flexibility index (Phi) is 3.63. The van der Waals surface area contributed by atoms with Gasteiger partial charge in [0.05, 0.1) is 23.7 Å². The predicted molar refractivity (Wildman–Crippen MR) is 81.5 cm³/mol. The van der Waals surface area contributed by atoms with Gasteiger partial charge in [0.1, 0.15) is 0 Å². The zero-order valence-corrected chi connectivity index (χ0v) is 12.9. The number of hydrogen-bond donors (Lipinski definition) is 1. The number of aryl methyl sites for hydroxylation is 2. The molecule has 5 nitrogen and oxygen atoms in total. The van der Waals surface area contributed by atoms with E-state index < -0.39 is 0 Å². The molecule has 0 saturated heterocycles. The van der Waals surface area contributed by atoms with Crippen molar-refractivity contribution in [3.05, 3.63) is 49.3 Å². The van der Waals surface area contributed by atoms with E-state index in [1.54, 1.807) is 22.4 Å². The van der Waals surface area contributed by atoms with Crippen molar-refractivity contribution in [3.63, 3.8) is 0 Å². The molecule has 0 aliphatic carbocycles. The number of rotatable bonds is 2. The van der Waals surface area contributed by atoms with Crippen LogP contribution in [0.1, 0.15) is 26.7 Å². The van der Waals surface area contributed by atoms with Crippen LogP contribution in [0.25, 0.3) is 0 Å². The first-order chi connectivity index (χ1) is 10.0. The van der Waals surface area contributed by atoms with Crippen LogP contribution < -0.4 is 5.56 Å². The zero-order chi connectivity index (χ0) is 15.0. The monoisotopic (exact) mass is 303 g/mol. The van der Waals surface area contributed by atoms with E-state index in [0.717, 1.165) is 27.6 Å². The van der Waals surface area contributed by atoms with Gasteiger partial charge in [-0.2, -0.15) is 0 Å². The molecule has 0 spiro atoms. The lowest BCUT2D eigenvalue weighted by atomic mass is 10.0. The van der Waals surface area contributed by atoms with E-state index >= 15 is 0 Å². The van der Waals surface area contributed by atoms with Crippen LogP contribution in [0, 0.1) is 13.8 Å². The minimum Gasteiger partial charge on any atom is -0.337 e. The second kappa shape index (κ2) is 5.44. The lowest BCUT2D eigenvalue weighted by Crippen LogP contribution is -2.39. The molecule has 2 aromatic rings. The van der Waals surface area contributed by atoms with Crippen LogP contribution in [0.2, 0.25) is 0 Å². The number of thiazole rings is 1. The number of nitrogens with one attached hydrogen (secondary N) is 1. The lowest BCUT2D eigenvalue weighted by molar-refractivity contribution is -0.131. The maximum Gasteiger partial charge on any atom is 0.253 e. The SMILES string of the molecule is Cc1nc(CC(=O)N2CCc3cc[nH]c(=O)c3C2)c(C)s1. The van der Waals surface area contributed by atoms with Gasteiger partial charge in [-0.25, -0.2) is 4.98 Å². The van der Waals surface area contributed by atoms with Gasteiger partial charge in [-0.1, -0.05) is 0 Å². The van der Waals surface area contributed by atoms with Crippen LogP contribution in [0.4, 0.5) is 0 Å². The summed E-state index contributed by atoms with van der Waals surface area (Å²) in [4.78, 5) is 34.2. The average molecular weight is 303 g/mol. The largest absolute Gasteiger partial charge is 0.337 e. The Morgan fingerprint density at radius 2 is 2.29 bits per heavy atom. The molecule has 0 bridgehead atoms. The molecule has 110 valence electrons. The molecule has 21 heavy (non-hydrogen) atoms. The summed E-state index contributed by atoms with van der Waals surface area (Å²) in [6, 6.07) is 1.92. The van der Waals surface area contributed by atoms with Crippen molar-refractivity contribution < 1.29 is 4.79 Å². The number of amides is 1. The first-order valence-electron chi connectivity index (χ1n) is 6.94. The first kappa shape index (κ1) is 14.0. The van der Waals surface area contributed by atoms with Crippen LogP contribution in [-0.4, -0.2) is 27.3 Å². The normalized spacial score (nSPS) is 14.1. The summed E-state index contributed by atoms with van der Waals surface area (Å²) in [6.07, 6.45) is 2.72. The summed E-state index contributed by atoms with van der Waals surface area (Å²) >= 11 is 1.61. The molecule has 1 aliphatic heterocycles. The van der Waals surface area contributed by atoms with Gasteiger partial charge in [-0.3, -0.25) is 9.59 Å². The van der Waals surface area contributed by atoms with Crippen LogP contribution in [0.5, 0.6) is 0 Å². The quantitative estimate of drug-likeness (QED) is 0.916. The Morgan fingerprint density at radius 3 is 3.00 bits per heavy atom. The van der Waals surface area contributed by atoms with E-state index in [1.165, 1.54) is 0 Å². The molecule has 0 radical (unpaired) electrons. The number of nitrogens with zero attached hydrogens (tertiary/aromatic N) is 2. The third-order valence-electron chi connectivity index (χ3n) is 3.83. The number of hydrogen-bond acceptors (Lipinski definition) is 4. The maximum absolute atomic E-state index is 12.4. The Hall–Kier alpha value is -1.95. The molecule has 3 rings (SSSR count). The third-order valence-corrected chi connectivity index (χ3v) is 4.76. The van der Waals surface area contributed by atoms with Crippen molar-refractivity contribution in [2.24, 2.45) is 0 Å². The summed E-state index contributed by atoms with van der Waals surface area (Å²) in [5.74, 6) is 0.0392. The second-order valence-electron chi connectivity index (χ2n) is 5.29. The summed E-state index contributed by atoms with van der Waals surface area (Å²) in [5.41, 5.74) is 2.52. The van der Waals surface area contributed by atoms with Crippen molar-refractivity contribution in [3.8, 4) is 0 Å². The number of carbonyl (C=O) groups is 1. The Bertz CT molecular complexity index is 748. The molecule has 2 aromatic heterocycles.